The molecule has 3 aromatic rings. The summed E-state index contributed by atoms with van der Waals surface area (Å²) < 4.78 is 12.7. The summed E-state index contributed by atoms with van der Waals surface area (Å²) in [6.07, 6.45) is 0. The van der Waals surface area contributed by atoms with Crippen LogP contribution in [0.3, 0.4) is 0 Å². The first kappa shape index (κ1) is 22.7. The van der Waals surface area contributed by atoms with Crippen molar-refractivity contribution in [3.05, 3.63) is 53.6 Å². The van der Waals surface area contributed by atoms with E-state index in [-0.39, 0.29) is 11.7 Å². The molecule has 0 unspecified atom stereocenters. The number of hydrogen-bond donors (Lipinski definition) is 0. The minimum absolute atomic E-state index is 0.0166. The molecule has 2 aromatic carbocycles. The van der Waals surface area contributed by atoms with E-state index in [0.717, 1.165) is 34.2 Å². The van der Waals surface area contributed by atoms with Gasteiger partial charge in [0.2, 0.25) is 5.91 Å². The second kappa shape index (κ2) is 10.3. The maximum absolute atomic E-state index is 12.7. The number of rotatable bonds is 9. The first-order chi connectivity index (χ1) is 15.0. The summed E-state index contributed by atoms with van der Waals surface area (Å²) in [6, 6.07) is 13.8. The summed E-state index contributed by atoms with van der Waals surface area (Å²) >= 11 is 1.41. The molecule has 0 radical (unpaired) electrons. The predicted molar refractivity (Wildman–Crippen MR) is 123 cm³/mol. The molecule has 1 heterocycles. The smallest absolute Gasteiger partial charge is 0.233 e. The standard InChI is InChI=1S/C23H28N4O3S/c1-6-27-22(18-10-8-7-9-16(18)2)24-25-23(27)31-15-21(28)26(3)14-17-11-12-19(29-4)20(13-17)30-5/h7-13H,6,14-15H2,1-5H3. The summed E-state index contributed by atoms with van der Waals surface area (Å²) in [6.45, 7) is 5.33. The van der Waals surface area contributed by atoms with Crippen LogP contribution in [0.25, 0.3) is 11.4 Å². The van der Waals surface area contributed by atoms with Crippen molar-refractivity contribution >= 4 is 17.7 Å². The lowest BCUT2D eigenvalue weighted by Gasteiger charge is -2.18. The van der Waals surface area contributed by atoms with Gasteiger partial charge < -0.3 is 18.9 Å². The van der Waals surface area contributed by atoms with Gasteiger partial charge in [0.25, 0.3) is 0 Å². The van der Waals surface area contributed by atoms with Gasteiger partial charge in [0.15, 0.2) is 22.5 Å². The summed E-state index contributed by atoms with van der Waals surface area (Å²) in [5.41, 5.74) is 3.17. The van der Waals surface area contributed by atoms with Gasteiger partial charge in [-0.05, 0) is 37.1 Å². The SMILES string of the molecule is CCn1c(SCC(=O)N(C)Cc2ccc(OC)c(OC)c2)nnc1-c1ccccc1C. The zero-order chi connectivity index (χ0) is 22.4. The third kappa shape index (κ3) is 5.19. The number of nitrogens with zero attached hydrogens (tertiary/aromatic N) is 4. The van der Waals surface area contributed by atoms with Gasteiger partial charge >= 0.3 is 0 Å². The lowest BCUT2D eigenvalue weighted by atomic mass is 10.1. The monoisotopic (exact) mass is 440 g/mol. The van der Waals surface area contributed by atoms with E-state index >= 15 is 0 Å². The molecule has 0 aliphatic carbocycles. The van der Waals surface area contributed by atoms with Gasteiger partial charge in [-0.2, -0.15) is 0 Å². The molecule has 0 atom stereocenters. The second-order valence-corrected chi connectivity index (χ2v) is 8.04. The van der Waals surface area contributed by atoms with Crippen LogP contribution in [0, 0.1) is 6.92 Å². The molecule has 3 rings (SSSR count). The van der Waals surface area contributed by atoms with Gasteiger partial charge in [-0.25, -0.2) is 0 Å². The Hall–Kier alpha value is -3.00. The molecular formula is C23H28N4O3S. The van der Waals surface area contributed by atoms with Crippen molar-refractivity contribution in [3.8, 4) is 22.9 Å². The fourth-order valence-electron chi connectivity index (χ4n) is 3.28. The highest BCUT2D eigenvalue weighted by molar-refractivity contribution is 7.99. The number of methoxy groups -OCH3 is 2. The molecule has 1 aromatic heterocycles. The molecule has 164 valence electrons. The number of carbonyl (C=O) groups is 1. The van der Waals surface area contributed by atoms with Crippen LogP contribution >= 0.6 is 11.8 Å². The number of aromatic nitrogens is 3. The van der Waals surface area contributed by atoms with Crippen molar-refractivity contribution in [2.24, 2.45) is 0 Å². The minimum atomic E-state index is 0.0166. The number of thioether (sulfide) groups is 1. The van der Waals surface area contributed by atoms with E-state index < -0.39 is 0 Å². The van der Waals surface area contributed by atoms with Crippen LogP contribution in [0.15, 0.2) is 47.6 Å². The highest BCUT2D eigenvalue weighted by atomic mass is 32.2. The Balaban J connectivity index is 1.66. The zero-order valence-corrected chi connectivity index (χ0v) is 19.4. The molecule has 0 saturated carbocycles. The van der Waals surface area contributed by atoms with E-state index in [9.17, 15) is 4.79 Å². The summed E-state index contributed by atoms with van der Waals surface area (Å²) in [5.74, 6) is 2.45. The number of amides is 1. The van der Waals surface area contributed by atoms with E-state index in [4.69, 9.17) is 9.47 Å². The van der Waals surface area contributed by atoms with Crippen molar-refractivity contribution in [2.45, 2.75) is 32.1 Å². The fourth-order valence-corrected chi connectivity index (χ4v) is 4.22. The number of hydrogen-bond acceptors (Lipinski definition) is 6. The third-order valence-corrected chi connectivity index (χ3v) is 5.99. The van der Waals surface area contributed by atoms with Gasteiger partial charge in [0.05, 0.1) is 20.0 Å². The highest BCUT2D eigenvalue weighted by Gasteiger charge is 2.17. The maximum atomic E-state index is 12.7. The molecule has 8 heteroatoms. The quantitative estimate of drug-likeness (QED) is 0.468. The van der Waals surface area contributed by atoms with Gasteiger partial charge in [-0.3, -0.25) is 4.79 Å². The van der Waals surface area contributed by atoms with Gasteiger partial charge in [-0.1, -0.05) is 42.1 Å². The molecule has 1 amide bonds. The molecule has 0 fully saturated rings. The second-order valence-electron chi connectivity index (χ2n) is 7.09. The molecule has 0 aliphatic rings. The average Bonchev–Trinajstić information content (AvgIpc) is 3.20. The molecule has 0 aliphatic heterocycles. The van der Waals surface area contributed by atoms with E-state index in [1.54, 1.807) is 26.2 Å². The predicted octanol–water partition coefficient (Wildman–Crippen LogP) is 4.04. The number of aryl methyl sites for hydroxylation is 1. The van der Waals surface area contributed by atoms with Crippen molar-refractivity contribution in [1.82, 2.24) is 19.7 Å². The summed E-state index contributed by atoms with van der Waals surface area (Å²) in [5, 5.41) is 9.47. The van der Waals surface area contributed by atoms with Crippen LogP contribution in [0.2, 0.25) is 0 Å². The topological polar surface area (TPSA) is 69.5 Å². The highest BCUT2D eigenvalue weighted by Crippen LogP contribution is 2.29. The fraction of sp³-hybridized carbons (Fsp3) is 0.348. The first-order valence-corrected chi connectivity index (χ1v) is 11.0. The van der Waals surface area contributed by atoms with E-state index in [1.165, 1.54) is 11.8 Å². The maximum Gasteiger partial charge on any atom is 0.233 e. The number of benzene rings is 2. The van der Waals surface area contributed by atoms with Crippen molar-refractivity contribution < 1.29 is 14.3 Å². The van der Waals surface area contributed by atoms with Crippen LogP contribution < -0.4 is 9.47 Å². The Morgan fingerprint density at radius 3 is 2.52 bits per heavy atom. The molecule has 0 saturated heterocycles. The molecular weight excluding hydrogens is 412 g/mol. The van der Waals surface area contributed by atoms with E-state index in [1.807, 2.05) is 36.4 Å². The first-order valence-electron chi connectivity index (χ1n) is 10.0. The van der Waals surface area contributed by atoms with Crippen molar-refractivity contribution in [1.29, 1.82) is 0 Å². The molecule has 7 nitrogen and oxygen atoms in total. The minimum Gasteiger partial charge on any atom is -0.493 e. The Kier molecular flexibility index (Phi) is 7.57. The normalized spacial score (nSPS) is 10.7. The van der Waals surface area contributed by atoms with Gasteiger partial charge in [0, 0.05) is 25.7 Å². The molecule has 0 bridgehead atoms. The van der Waals surface area contributed by atoms with Crippen molar-refractivity contribution in [3.63, 3.8) is 0 Å². The molecule has 0 N–H and O–H groups in total. The lowest BCUT2D eigenvalue weighted by Crippen LogP contribution is -2.28. The summed E-state index contributed by atoms with van der Waals surface area (Å²) in [4.78, 5) is 14.4. The Labute approximate surface area is 187 Å². The lowest BCUT2D eigenvalue weighted by molar-refractivity contribution is -0.127. The van der Waals surface area contributed by atoms with Crippen LogP contribution in [0.5, 0.6) is 11.5 Å². The van der Waals surface area contributed by atoms with Crippen LogP contribution in [0.4, 0.5) is 0 Å². The third-order valence-electron chi connectivity index (χ3n) is 5.04. The van der Waals surface area contributed by atoms with Crippen molar-refractivity contribution in [2.75, 3.05) is 27.0 Å². The Morgan fingerprint density at radius 1 is 1.10 bits per heavy atom. The largest absolute Gasteiger partial charge is 0.493 e. The zero-order valence-electron chi connectivity index (χ0n) is 18.6. The van der Waals surface area contributed by atoms with Crippen LogP contribution in [-0.4, -0.2) is 52.6 Å². The van der Waals surface area contributed by atoms with E-state index in [2.05, 4.69) is 34.7 Å². The van der Waals surface area contributed by atoms with E-state index in [0.29, 0.717) is 18.0 Å². The average molecular weight is 441 g/mol. The van der Waals surface area contributed by atoms with Crippen LogP contribution in [0.1, 0.15) is 18.1 Å². The summed E-state index contributed by atoms with van der Waals surface area (Å²) in [7, 11) is 5.00. The number of ether oxygens (including phenoxy) is 2. The Morgan fingerprint density at radius 2 is 1.84 bits per heavy atom. The molecule has 31 heavy (non-hydrogen) atoms. The van der Waals surface area contributed by atoms with Gasteiger partial charge in [-0.15, -0.1) is 10.2 Å². The molecule has 0 spiro atoms. The van der Waals surface area contributed by atoms with Gasteiger partial charge in [0.1, 0.15) is 0 Å². The number of carbonyl (C=O) groups excluding carboxylic acids is 1. The Bertz CT molecular complexity index is 1050. The van der Waals surface area contributed by atoms with Crippen LogP contribution in [-0.2, 0) is 17.9 Å².